The molecule has 7 heteroatoms. The molecular formula is C22H20Cl2FN3O. The molecule has 1 atom stereocenters. The van der Waals surface area contributed by atoms with Crippen LogP contribution < -0.4 is 15.8 Å². The number of aromatic nitrogens is 1. The van der Waals surface area contributed by atoms with E-state index in [-0.39, 0.29) is 10.8 Å². The molecule has 2 aromatic carbocycles. The topological polar surface area (TPSA) is 60.2 Å². The highest BCUT2D eigenvalue weighted by atomic mass is 35.5. The van der Waals surface area contributed by atoms with Crippen molar-refractivity contribution in [1.29, 1.82) is 0 Å². The normalized spacial score (nSPS) is 14.3. The van der Waals surface area contributed by atoms with Crippen LogP contribution in [0.4, 0.5) is 10.2 Å². The smallest absolute Gasteiger partial charge is 0.166 e. The summed E-state index contributed by atoms with van der Waals surface area (Å²) in [6.07, 6.45) is 2.10. The fraction of sp³-hybridized carbons (Fsp3) is 0.227. The summed E-state index contributed by atoms with van der Waals surface area (Å²) in [5, 5.41) is 3.64. The van der Waals surface area contributed by atoms with Crippen LogP contribution in [0.1, 0.15) is 29.7 Å². The van der Waals surface area contributed by atoms with E-state index < -0.39 is 11.9 Å². The number of nitrogen functional groups attached to an aromatic ring is 1. The molecule has 3 aromatic rings. The minimum atomic E-state index is -0.611. The van der Waals surface area contributed by atoms with Crippen LogP contribution in [0.25, 0.3) is 11.1 Å². The molecule has 3 N–H and O–H groups in total. The molecule has 0 saturated carbocycles. The second-order valence-corrected chi connectivity index (χ2v) is 7.82. The molecule has 1 unspecified atom stereocenters. The van der Waals surface area contributed by atoms with E-state index in [9.17, 15) is 4.39 Å². The molecule has 1 aromatic heterocycles. The number of halogens is 3. The Labute approximate surface area is 178 Å². The van der Waals surface area contributed by atoms with Gasteiger partial charge in [-0.1, -0.05) is 41.4 Å². The highest BCUT2D eigenvalue weighted by molar-refractivity contribution is 6.36. The van der Waals surface area contributed by atoms with Gasteiger partial charge in [-0.2, -0.15) is 0 Å². The predicted molar refractivity (Wildman–Crippen MR) is 115 cm³/mol. The summed E-state index contributed by atoms with van der Waals surface area (Å²) < 4.78 is 19.9. The van der Waals surface area contributed by atoms with Crippen molar-refractivity contribution in [3.8, 4) is 16.9 Å². The molecule has 1 aliphatic heterocycles. The summed E-state index contributed by atoms with van der Waals surface area (Å²) in [6.45, 7) is 3.60. The maximum Gasteiger partial charge on any atom is 0.166 e. The third kappa shape index (κ3) is 4.04. The van der Waals surface area contributed by atoms with Crippen LogP contribution >= 0.6 is 23.2 Å². The van der Waals surface area contributed by atoms with Crippen LogP contribution in [0.2, 0.25) is 10.0 Å². The first kappa shape index (κ1) is 20.0. The largest absolute Gasteiger partial charge is 0.482 e. The molecule has 0 amide bonds. The van der Waals surface area contributed by atoms with E-state index in [1.165, 1.54) is 23.3 Å². The van der Waals surface area contributed by atoms with Gasteiger partial charge < -0.3 is 15.8 Å². The van der Waals surface area contributed by atoms with Gasteiger partial charge in [-0.05, 0) is 54.8 Å². The zero-order chi connectivity index (χ0) is 20.5. The van der Waals surface area contributed by atoms with Crippen LogP contribution in [-0.2, 0) is 13.0 Å². The Balaban J connectivity index is 1.65. The van der Waals surface area contributed by atoms with Crippen molar-refractivity contribution in [3.05, 3.63) is 75.1 Å². The van der Waals surface area contributed by atoms with Crippen molar-refractivity contribution in [2.75, 3.05) is 12.3 Å². The van der Waals surface area contributed by atoms with E-state index in [1.54, 1.807) is 13.1 Å². The number of hydrogen-bond donors (Lipinski definition) is 2. The van der Waals surface area contributed by atoms with Gasteiger partial charge in [0.25, 0.3) is 0 Å². The number of benzene rings is 2. The zero-order valence-electron chi connectivity index (χ0n) is 15.8. The van der Waals surface area contributed by atoms with Gasteiger partial charge in [0.05, 0.1) is 5.02 Å². The standard InChI is InChI=1S/C22H20Cl2FN3O/c1-12(20-17(23)4-5-18(25)21(20)24)29-19-9-16(11-28-22(19)26)13-2-3-15-10-27-7-6-14(15)8-13/h2-5,8-9,11-12,27H,6-7,10H2,1H3,(H2,26,28). The van der Waals surface area contributed by atoms with Crippen molar-refractivity contribution < 1.29 is 9.13 Å². The van der Waals surface area contributed by atoms with Crippen molar-refractivity contribution in [3.63, 3.8) is 0 Å². The second kappa shape index (κ2) is 8.19. The lowest BCUT2D eigenvalue weighted by atomic mass is 9.96. The van der Waals surface area contributed by atoms with E-state index in [0.29, 0.717) is 16.3 Å². The lowest BCUT2D eigenvalue weighted by Gasteiger charge is -2.20. The van der Waals surface area contributed by atoms with Crippen molar-refractivity contribution in [1.82, 2.24) is 10.3 Å². The van der Waals surface area contributed by atoms with Crippen molar-refractivity contribution in [2.45, 2.75) is 26.0 Å². The number of nitrogens with two attached hydrogens (primary N) is 1. The van der Waals surface area contributed by atoms with Crippen LogP contribution in [0.5, 0.6) is 5.75 Å². The fourth-order valence-electron chi connectivity index (χ4n) is 3.53. The highest BCUT2D eigenvalue weighted by Gasteiger charge is 2.20. The van der Waals surface area contributed by atoms with Crippen LogP contribution in [-0.4, -0.2) is 11.5 Å². The molecule has 0 aliphatic carbocycles. The van der Waals surface area contributed by atoms with Crippen molar-refractivity contribution >= 4 is 29.0 Å². The Bertz CT molecular complexity index is 1070. The maximum atomic E-state index is 13.9. The molecule has 0 saturated heterocycles. The Morgan fingerprint density at radius 1 is 1.14 bits per heavy atom. The van der Waals surface area contributed by atoms with E-state index in [0.717, 1.165) is 30.6 Å². The third-order valence-corrected chi connectivity index (χ3v) is 5.81. The first-order valence-electron chi connectivity index (χ1n) is 9.32. The Kier molecular flexibility index (Phi) is 5.63. The molecule has 4 rings (SSSR count). The van der Waals surface area contributed by atoms with E-state index in [4.69, 9.17) is 33.7 Å². The number of ether oxygens (including phenoxy) is 1. The summed E-state index contributed by atoms with van der Waals surface area (Å²) in [4.78, 5) is 4.28. The minimum absolute atomic E-state index is 0.0593. The van der Waals surface area contributed by atoms with Gasteiger partial charge in [0, 0.05) is 28.9 Å². The summed E-state index contributed by atoms with van der Waals surface area (Å²) in [5.74, 6) is 0.0853. The Hall–Kier alpha value is -2.34. The van der Waals surface area contributed by atoms with Gasteiger partial charge in [-0.25, -0.2) is 9.37 Å². The quantitative estimate of drug-likeness (QED) is 0.530. The monoisotopic (exact) mass is 431 g/mol. The van der Waals surface area contributed by atoms with Gasteiger partial charge in [0.1, 0.15) is 11.9 Å². The van der Waals surface area contributed by atoms with Gasteiger partial charge in [0.15, 0.2) is 11.6 Å². The summed E-state index contributed by atoms with van der Waals surface area (Å²) in [5.41, 5.74) is 11.0. The summed E-state index contributed by atoms with van der Waals surface area (Å²) in [7, 11) is 0. The minimum Gasteiger partial charge on any atom is -0.482 e. The number of nitrogens with zero attached hydrogens (tertiary/aromatic N) is 1. The molecule has 150 valence electrons. The highest BCUT2D eigenvalue weighted by Crippen LogP contribution is 2.37. The molecular weight excluding hydrogens is 412 g/mol. The molecule has 0 bridgehead atoms. The first-order chi connectivity index (χ1) is 13.9. The zero-order valence-corrected chi connectivity index (χ0v) is 17.3. The first-order valence-corrected chi connectivity index (χ1v) is 10.1. The average Bonchev–Trinajstić information content (AvgIpc) is 2.72. The molecule has 2 heterocycles. The number of rotatable bonds is 4. The number of nitrogens with one attached hydrogen (secondary N) is 1. The Morgan fingerprint density at radius 3 is 2.79 bits per heavy atom. The van der Waals surface area contributed by atoms with Crippen molar-refractivity contribution in [2.24, 2.45) is 0 Å². The van der Waals surface area contributed by atoms with Crippen LogP contribution in [0.15, 0.2) is 42.6 Å². The van der Waals surface area contributed by atoms with Crippen LogP contribution in [0.3, 0.4) is 0 Å². The number of pyridine rings is 1. The Morgan fingerprint density at radius 2 is 1.97 bits per heavy atom. The summed E-state index contributed by atoms with van der Waals surface area (Å²) >= 11 is 12.3. The van der Waals surface area contributed by atoms with Crippen LogP contribution in [0, 0.1) is 5.82 Å². The second-order valence-electron chi connectivity index (χ2n) is 7.03. The third-order valence-electron chi connectivity index (χ3n) is 5.10. The van der Waals surface area contributed by atoms with E-state index in [2.05, 4.69) is 28.5 Å². The average molecular weight is 432 g/mol. The maximum absolute atomic E-state index is 13.9. The molecule has 1 aliphatic rings. The van der Waals surface area contributed by atoms with Gasteiger partial charge in [0.2, 0.25) is 0 Å². The van der Waals surface area contributed by atoms with Gasteiger partial charge in [-0.15, -0.1) is 0 Å². The number of hydrogen-bond acceptors (Lipinski definition) is 4. The predicted octanol–water partition coefficient (Wildman–Crippen LogP) is 5.56. The number of fused-ring (bicyclic) bond motifs is 1. The van der Waals surface area contributed by atoms with E-state index in [1.807, 2.05) is 6.07 Å². The summed E-state index contributed by atoms with van der Waals surface area (Å²) in [6, 6.07) is 10.9. The number of anilines is 1. The fourth-order valence-corrected chi connectivity index (χ4v) is 4.21. The SMILES string of the molecule is CC(Oc1cc(-c2ccc3c(c2)CCNC3)cnc1N)c1c(Cl)ccc(F)c1Cl. The van der Waals surface area contributed by atoms with Gasteiger partial charge in [-0.3, -0.25) is 0 Å². The van der Waals surface area contributed by atoms with Gasteiger partial charge >= 0.3 is 0 Å². The molecule has 0 spiro atoms. The molecule has 0 fully saturated rings. The lowest BCUT2D eigenvalue weighted by molar-refractivity contribution is 0.227. The molecule has 4 nitrogen and oxygen atoms in total. The molecule has 29 heavy (non-hydrogen) atoms. The lowest BCUT2D eigenvalue weighted by Crippen LogP contribution is -2.23. The molecule has 0 radical (unpaired) electrons. The van der Waals surface area contributed by atoms with E-state index >= 15 is 0 Å².